The van der Waals surface area contributed by atoms with Crippen molar-refractivity contribution in [1.29, 1.82) is 0 Å². The van der Waals surface area contributed by atoms with Crippen molar-refractivity contribution in [3.63, 3.8) is 0 Å². The van der Waals surface area contributed by atoms with Crippen LogP contribution in [0.3, 0.4) is 0 Å². The van der Waals surface area contributed by atoms with Gasteiger partial charge in [0.2, 0.25) is 5.13 Å². The highest BCUT2D eigenvalue weighted by atomic mass is 35.5. The number of nitrogen functional groups attached to an aromatic ring is 1. The molecule has 0 amide bonds. The van der Waals surface area contributed by atoms with E-state index in [-0.39, 0.29) is 0 Å². The second-order valence-electron chi connectivity index (χ2n) is 3.73. The fraction of sp³-hybridized carbons (Fsp3) is 0.0909. The number of hydrogen-bond donors (Lipinski definition) is 1. The van der Waals surface area contributed by atoms with Crippen molar-refractivity contribution >= 4 is 38.8 Å². The standard InChI is InChI=1S/C11H9ClN4S/c1-6-8(12)5-16(15-6)11-14-9-3-2-7(13)4-10(9)17-11/h2-5H,13H2,1H3. The number of rotatable bonds is 1. The number of thiazole rings is 1. The molecule has 2 aromatic heterocycles. The van der Waals surface area contributed by atoms with Crippen molar-refractivity contribution in [2.75, 3.05) is 5.73 Å². The Bertz CT molecular complexity index is 681. The molecule has 17 heavy (non-hydrogen) atoms. The molecule has 2 heterocycles. The largest absolute Gasteiger partial charge is 0.399 e. The number of hydrogen-bond acceptors (Lipinski definition) is 4. The van der Waals surface area contributed by atoms with Gasteiger partial charge in [0.15, 0.2) is 0 Å². The van der Waals surface area contributed by atoms with Gasteiger partial charge in [0.25, 0.3) is 0 Å². The van der Waals surface area contributed by atoms with Gasteiger partial charge in [-0.05, 0) is 25.1 Å². The monoisotopic (exact) mass is 264 g/mol. The van der Waals surface area contributed by atoms with Gasteiger partial charge in [0.05, 0.1) is 27.1 Å². The average Bonchev–Trinajstić information content (AvgIpc) is 2.83. The van der Waals surface area contributed by atoms with Crippen LogP contribution in [0.1, 0.15) is 5.69 Å². The Kier molecular flexibility index (Phi) is 2.31. The maximum absolute atomic E-state index is 5.98. The summed E-state index contributed by atoms with van der Waals surface area (Å²) in [5, 5.41) is 5.73. The fourth-order valence-corrected chi connectivity index (χ4v) is 2.64. The highest BCUT2D eigenvalue weighted by molar-refractivity contribution is 7.20. The van der Waals surface area contributed by atoms with Crippen LogP contribution in [-0.4, -0.2) is 14.8 Å². The molecule has 0 saturated carbocycles. The zero-order valence-corrected chi connectivity index (χ0v) is 10.6. The highest BCUT2D eigenvalue weighted by Gasteiger charge is 2.09. The van der Waals surface area contributed by atoms with Crippen LogP contribution in [-0.2, 0) is 0 Å². The fourth-order valence-electron chi connectivity index (χ4n) is 1.56. The first kappa shape index (κ1) is 10.6. The zero-order chi connectivity index (χ0) is 12.0. The second kappa shape index (κ2) is 3.72. The van der Waals surface area contributed by atoms with E-state index in [4.69, 9.17) is 17.3 Å². The number of halogens is 1. The first-order valence-corrected chi connectivity index (χ1v) is 6.21. The molecule has 3 aromatic rings. The lowest BCUT2D eigenvalue weighted by atomic mass is 10.3. The predicted octanol–water partition coefficient (Wildman–Crippen LogP) is 3.03. The van der Waals surface area contributed by atoms with E-state index < -0.39 is 0 Å². The summed E-state index contributed by atoms with van der Waals surface area (Å²) >= 11 is 7.51. The van der Waals surface area contributed by atoms with E-state index in [0.29, 0.717) is 5.02 Å². The molecule has 0 spiro atoms. The molecule has 0 bridgehead atoms. The summed E-state index contributed by atoms with van der Waals surface area (Å²) in [6, 6.07) is 5.66. The molecule has 0 unspecified atom stereocenters. The van der Waals surface area contributed by atoms with E-state index in [1.807, 2.05) is 25.1 Å². The average molecular weight is 265 g/mol. The molecule has 0 aliphatic heterocycles. The Morgan fingerprint density at radius 1 is 1.41 bits per heavy atom. The Morgan fingerprint density at radius 2 is 2.24 bits per heavy atom. The highest BCUT2D eigenvalue weighted by Crippen LogP contribution is 2.27. The number of aromatic nitrogens is 3. The smallest absolute Gasteiger partial charge is 0.211 e. The van der Waals surface area contributed by atoms with Crippen LogP contribution in [0.4, 0.5) is 5.69 Å². The van der Waals surface area contributed by atoms with Crippen LogP contribution >= 0.6 is 22.9 Å². The number of nitrogens with two attached hydrogens (primary N) is 1. The molecule has 0 aliphatic carbocycles. The van der Waals surface area contributed by atoms with Gasteiger partial charge in [-0.15, -0.1) is 0 Å². The molecule has 0 radical (unpaired) electrons. The molecule has 2 N–H and O–H groups in total. The van der Waals surface area contributed by atoms with Gasteiger partial charge in [-0.3, -0.25) is 0 Å². The normalized spacial score (nSPS) is 11.2. The molecule has 4 nitrogen and oxygen atoms in total. The van der Waals surface area contributed by atoms with Crippen molar-refractivity contribution < 1.29 is 0 Å². The molecule has 86 valence electrons. The van der Waals surface area contributed by atoms with E-state index in [2.05, 4.69) is 10.1 Å². The van der Waals surface area contributed by atoms with Crippen LogP contribution in [0.5, 0.6) is 0 Å². The maximum atomic E-state index is 5.98. The van der Waals surface area contributed by atoms with Crippen LogP contribution in [0, 0.1) is 6.92 Å². The predicted molar refractivity (Wildman–Crippen MR) is 70.9 cm³/mol. The molecule has 6 heteroatoms. The van der Waals surface area contributed by atoms with Gasteiger partial charge in [-0.2, -0.15) is 5.10 Å². The second-order valence-corrected chi connectivity index (χ2v) is 5.15. The van der Waals surface area contributed by atoms with E-state index in [1.165, 1.54) is 11.3 Å². The molecule has 0 fully saturated rings. The summed E-state index contributed by atoms with van der Waals surface area (Å²) < 4.78 is 2.74. The Hall–Kier alpha value is -1.59. The van der Waals surface area contributed by atoms with E-state index in [1.54, 1.807) is 10.9 Å². The van der Waals surface area contributed by atoms with Crippen LogP contribution in [0.15, 0.2) is 24.4 Å². The SMILES string of the molecule is Cc1nn(-c2nc3ccc(N)cc3s2)cc1Cl. The third kappa shape index (κ3) is 1.77. The first-order valence-electron chi connectivity index (χ1n) is 5.02. The van der Waals surface area contributed by atoms with Crippen molar-refractivity contribution in [2.45, 2.75) is 6.92 Å². The minimum Gasteiger partial charge on any atom is -0.399 e. The molecular weight excluding hydrogens is 256 g/mol. The van der Waals surface area contributed by atoms with Crippen molar-refractivity contribution in [2.24, 2.45) is 0 Å². The summed E-state index contributed by atoms with van der Waals surface area (Å²) in [6.45, 7) is 1.87. The maximum Gasteiger partial charge on any atom is 0.211 e. The lowest BCUT2D eigenvalue weighted by molar-refractivity contribution is 0.856. The van der Waals surface area contributed by atoms with Crippen LogP contribution < -0.4 is 5.73 Å². The number of anilines is 1. The third-order valence-corrected chi connectivity index (χ3v) is 3.82. The Labute approximate surface area is 107 Å². The summed E-state index contributed by atoms with van der Waals surface area (Å²) in [7, 11) is 0. The molecule has 0 aliphatic rings. The van der Waals surface area contributed by atoms with Crippen LogP contribution in [0.2, 0.25) is 5.02 Å². The van der Waals surface area contributed by atoms with Gasteiger partial charge in [0, 0.05) is 5.69 Å². The van der Waals surface area contributed by atoms with Crippen LogP contribution in [0.25, 0.3) is 15.3 Å². The molecule has 1 aromatic carbocycles. The molecule has 0 atom stereocenters. The van der Waals surface area contributed by atoms with Gasteiger partial charge in [-0.25, -0.2) is 9.67 Å². The van der Waals surface area contributed by atoms with Gasteiger partial charge < -0.3 is 5.73 Å². The first-order chi connectivity index (χ1) is 8.13. The van der Waals surface area contributed by atoms with E-state index >= 15 is 0 Å². The lowest BCUT2D eigenvalue weighted by Crippen LogP contribution is -1.93. The minimum absolute atomic E-state index is 0.642. The summed E-state index contributed by atoms with van der Waals surface area (Å²) in [5.74, 6) is 0. The number of benzene rings is 1. The molecule has 0 saturated heterocycles. The number of nitrogens with zero attached hydrogens (tertiary/aromatic N) is 3. The van der Waals surface area contributed by atoms with E-state index in [9.17, 15) is 0 Å². The number of aryl methyl sites for hydroxylation is 1. The van der Waals surface area contributed by atoms with Crippen molar-refractivity contribution in [1.82, 2.24) is 14.8 Å². The van der Waals surface area contributed by atoms with Gasteiger partial charge >= 0.3 is 0 Å². The summed E-state index contributed by atoms with van der Waals surface area (Å²) in [6.07, 6.45) is 1.76. The zero-order valence-electron chi connectivity index (χ0n) is 9.01. The summed E-state index contributed by atoms with van der Waals surface area (Å²) in [5.41, 5.74) is 8.19. The molecule has 3 rings (SSSR count). The quantitative estimate of drug-likeness (QED) is 0.688. The van der Waals surface area contributed by atoms with Crippen molar-refractivity contribution in [3.8, 4) is 5.13 Å². The number of fused-ring (bicyclic) bond motifs is 1. The lowest BCUT2D eigenvalue weighted by Gasteiger charge is -1.91. The third-order valence-electron chi connectivity index (χ3n) is 2.44. The molecular formula is C11H9ClN4S. The Morgan fingerprint density at radius 3 is 2.94 bits per heavy atom. The topological polar surface area (TPSA) is 56.7 Å². The van der Waals surface area contributed by atoms with E-state index in [0.717, 1.165) is 26.7 Å². The minimum atomic E-state index is 0.642. The summed E-state index contributed by atoms with van der Waals surface area (Å²) in [4.78, 5) is 4.48. The van der Waals surface area contributed by atoms with Gasteiger partial charge in [-0.1, -0.05) is 22.9 Å². The van der Waals surface area contributed by atoms with Gasteiger partial charge in [0.1, 0.15) is 0 Å². The Balaban J connectivity index is 2.17. The van der Waals surface area contributed by atoms with Crippen molar-refractivity contribution in [3.05, 3.63) is 35.1 Å².